The number of unbranched alkanes of at least 4 members (excludes halogenated alkanes) is 1. The van der Waals surface area contributed by atoms with Crippen LogP contribution in [0.25, 0.3) is 0 Å². The van der Waals surface area contributed by atoms with Crippen LogP contribution in [0.15, 0.2) is 12.7 Å². The molecule has 3 amide bonds. The highest BCUT2D eigenvalue weighted by Crippen LogP contribution is 2.53. The number of nitrogens with zero attached hydrogens (tertiary/aromatic N) is 1. The number of rotatable bonds is 16. The third-order valence-electron chi connectivity index (χ3n) is 11.9. The van der Waals surface area contributed by atoms with Crippen molar-refractivity contribution in [1.29, 1.82) is 0 Å². The fourth-order valence-corrected chi connectivity index (χ4v) is 10.0. The van der Waals surface area contributed by atoms with E-state index in [2.05, 4.69) is 31.1 Å². The zero-order chi connectivity index (χ0) is 38.6. The van der Waals surface area contributed by atoms with E-state index in [4.69, 9.17) is 0 Å². The Labute approximate surface area is 308 Å². The van der Waals surface area contributed by atoms with Crippen molar-refractivity contribution < 1.29 is 32.4 Å². The van der Waals surface area contributed by atoms with Crippen LogP contribution in [0.4, 0.5) is 4.79 Å². The summed E-state index contributed by atoms with van der Waals surface area (Å²) in [5, 5.41) is 5.98. The number of ketones is 3. The molecule has 2 saturated carbocycles. The van der Waals surface area contributed by atoms with Crippen LogP contribution in [0, 0.1) is 28.6 Å². The van der Waals surface area contributed by atoms with Gasteiger partial charge in [0.05, 0.1) is 22.1 Å². The lowest BCUT2D eigenvalue weighted by Gasteiger charge is -2.41. The number of hydrogen-bond donors (Lipinski definition) is 2. The maximum Gasteiger partial charge on any atom is 0.315 e. The molecule has 1 saturated heterocycles. The summed E-state index contributed by atoms with van der Waals surface area (Å²) in [6.07, 6.45) is 9.18. The van der Waals surface area contributed by atoms with E-state index < -0.39 is 61.1 Å². The fourth-order valence-electron chi connectivity index (χ4n) is 8.52. The number of Topliss-reactive ketones (excluding diaryl/α,β-unsaturated/α-hetero) is 3. The van der Waals surface area contributed by atoms with Gasteiger partial charge in [0, 0.05) is 25.3 Å². The first kappa shape index (κ1) is 42.8. The standard InChI is InChI=1S/C40H67N3O7S/c1-11-13-18-27(33(46)30(44)19-14-12-2)24-31(45)32-28-20-23-39(9,10)29(28)25-43(32)35(47)34(37(3,4)5)41-36(48)42-40(21-16-15-17-22-40)26-51(49,50)38(6,7)8/h12,27-29,32,34H,2,11,13-26H2,1,3-10H3,(H2,41,42,48)/t27?,28-,29-,32-,34+/m0/s1. The molecule has 1 aliphatic heterocycles. The number of allylic oxidation sites excluding steroid dienone is 1. The van der Waals surface area contributed by atoms with Gasteiger partial charge in [-0.25, -0.2) is 13.2 Å². The summed E-state index contributed by atoms with van der Waals surface area (Å²) >= 11 is 0. The van der Waals surface area contributed by atoms with Gasteiger partial charge in [-0.2, -0.15) is 0 Å². The van der Waals surface area contributed by atoms with Gasteiger partial charge in [0.2, 0.25) is 11.7 Å². The Morgan fingerprint density at radius 3 is 2.16 bits per heavy atom. The molecule has 1 unspecified atom stereocenters. The zero-order valence-corrected chi connectivity index (χ0v) is 33.8. The van der Waals surface area contributed by atoms with Gasteiger partial charge < -0.3 is 15.5 Å². The van der Waals surface area contributed by atoms with Crippen LogP contribution in [-0.2, 0) is 29.0 Å². The second-order valence-electron chi connectivity index (χ2n) is 18.5. The number of nitrogens with one attached hydrogen (secondary N) is 2. The minimum absolute atomic E-state index is 0.0660. The molecule has 11 heteroatoms. The molecule has 0 spiro atoms. The maximum absolute atomic E-state index is 14.7. The normalized spacial score (nSPS) is 24.3. The molecule has 0 aromatic heterocycles. The second kappa shape index (κ2) is 16.6. The number of carbonyl (C=O) groups is 5. The molecule has 10 nitrogen and oxygen atoms in total. The van der Waals surface area contributed by atoms with E-state index >= 15 is 0 Å². The Balaban J connectivity index is 1.92. The number of amides is 3. The van der Waals surface area contributed by atoms with E-state index in [9.17, 15) is 32.4 Å². The quantitative estimate of drug-likeness (QED) is 0.132. The molecule has 2 N–H and O–H groups in total. The molecule has 5 atom stereocenters. The predicted octanol–water partition coefficient (Wildman–Crippen LogP) is 6.75. The number of hydrogen-bond acceptors (Lipinski definition) is 7. The lowest BCUT2D eigenvalue weighted by Crippen LogP contribution is -2.63. The molecule has 3 fully saturated rings. The fraction of sp³-hybridized carbons (Fsp3) is 0.825. The Hall–Kier alpha value is -2.56. The smallest absolute Gasteiger partial charge is 0.315 e. The van der Waals surface area contributed by atoms with Gasteiger partial charge in [-0.05, 0) is 82.0 Å². The number of carbonyl (C=O) groups excluding carboxylic acids is 5. The summed E-state index contributed by atoms with van der Waals surface area (Å²) in [7, 11) is -3.56. The third-order valence-corrected chi connectivity index (χ3v) is 14.7. The number of fused-ring (bicyclic) bond motifs is 1. The van der Waals surface area contributed by atoms with Gasteiger partial charge in [-0.1, -0.05) is 79.7 Å². The van der Waals surface area contributed by atoms with Gasteiger partial charge in [0.1, 0.15) is 6.04 Å². The summed E-state index contributed by atoms with van der Waals surface area (Å²) in [5.41, 5.74) is -1.80. The van der Waals surface area contributed by atoms with Gasteiger partial charge in [-0.3, -0.25) is 19.2 Å². The van der Waals surface area contributed by atoms with Crippen molar-refractivity contribution in [3.8, 4) is 0 Å². The molecule has 51 heavy (non-hydrogen) atoms. The monoisotopic (exact) mass is 733 g/mol. The zero-order valence-electron chi connectivity index (χ0n) is 33.0. The molecule has 0 aromatic rings. The Morgan fingerprint density at radius 1 is 0.980 bits per heavy atom. The SMILES string of the molecule is C=CCCC(=O)C(=O)C(CCCC)CC(=O)[C@@H]1[C@H]2CCC(C)(C)[C@H]2CN1C(=O)[C@@H](NC(=O)NC1(CS(=O)(=O)C(C)(C)C)CCCCC1)C(C)(C)C. The number of likely N-dealkylation sites (tertiary alicyclic amines) is 1. The van der Waals surface area contributed by atoms with Gasteiger partial charge in [-0.15, -0.1) is 6.58 Å². The second-order valence-corrected chi connectivity index (χ2v) is 21.2. The van der Waals surface area contributed by atoms with E-state index in [1.807, 2.05) is 27.7 Å². The minimum atomic E-state index is -3.56. The maximum atomic E-state index is 14.7. The molecule has 3 aliphatic rings. The summed E-state index contributed by atoms with van der Waals surface area (Å²) in [4.78, 5) is 70.8. The van der Waals surface area contributed by atoms with Crippen LogP contribution in [-0.4, -0.2) is 77.3 Å². The van der Waals surface area contributed by atoms with Crippen molar-refractivity contribution in [2.24, 2.45) is 28.6 Å². The summed E-state index contributed by atoms with van der Waals surface area (Å²) in [6, 6.07) is -2.37. The molecule has 2 aliphatic carbocycles. The Kier molecular flexibility index (Phi) is 14.0. The van der Waals surface area contributed by atoms with E-state index in [1.165, 1.54) is 0 Å². The van der Waals surface area contributed by atoms with E-state index in [1.54, 1.807) is 31.7 Å². The van der Waals surface area contributed by atoms with E-state index in [0.29, 0.717) is 38.6 Å². The first-order valence-corrected chi connectivity index (χ1v) is 21.0. The minimum Gasteiger partial charge on any atom is -0.332 e. The first-order valence-electron chi connectivity index (χ1n) is 19.3. The van der Waals surface area contributed by atoms with Crippen molar-refractivity contribution >= 4 is 39.1 Å². The van der Waals surface area contributed by atoms with Gasteiger partial charge in [0.25, 0.3) is 0 Å². The highest BCUT2D eigenvalue weighted by atomic mass is 32.2. The summed E-state index contributed by atoms with van der Waals surface area (Å²) in [5.74, 6) is -2.51. The number of sulfone groups is 1. The van der Waals surface area contributed by atoms with Crippen LogP contribution in [0.3, 0.4) is 0 Å². The highest BCUT2D eigenvalue weighted by molar-refractivity contribution is 7.92. The third kappa shape index (κ3) is 10.3. The van der Waals surface area contributed by atoms with Crippen LogP contribution in [0.2, 0.25) is 0 Å². The van der Waals surface area contributed by atoms with Gasteiger partial charge >= 0.3 is 6.03 Å². The molecule has 0 radical (unpaired) electrons. The van der Waals surface area contributed by atoms with Crippen molar-refractivity contribution in [3.63, 3.8) is 0 Å². The van der Waals surface area contributed by atoms with Crippen molar-refractivity contribution in [1.82, 2.24) is 15.5 Å². The predicted molar refractivity (Wildman–Crippen MR) is 202 cm³/mol. The molecule has 1 heterocycles. The number of urea groups is 1. The van der Waals surface area contributed by atoms with Crippen LogP contribution in [0.5, 0.6) is 0 Å². The molecule has 3 rings (SSSR count). The molecular weight excluding hydrogens is 667 g/mol. The van der Waals surface area contributed by atoms with Gasteiger partial charge in [0.15, 0.2) is 21.4 Å². The first-order chi connectivity index (χ1) is 23.5. The van der Waals surface area contributed by atoms with Crippen molar-refractivity contribution in [2.45, 2.75) is 168 Å². The van der Waals surface area contributed by atoms with E-state index in [0.717, 1.165) is 38.5 Å². The Bertz CT molecular complexity index is 1420. The molecular formula is C40H67N3O7S. The summed E-state index contributed by atoms with van der Waals surface area (Å²) in [6.45, 7) is 20.9. The highest BCUT2D eigenvalue weighted by Gasteiger charge is 2.57. The topological polar surface area (TPSA) is 147 Å². The van der Waals surface area contributed by atoms with Crippen LogP contribution in [0.1, 0.15) is 146 Å². The molecule has 0 aromatic carbocycles. The van der Waals surface area contributed by atoms with Crippen LogP contribution >= 0.6 is 0 Å². The molecule has 290 valence electrons. The van der Waals surface area contributed by atoms with Crippen molar-refractivity contribution in [2.75, 3.05) is 12.3 Å². The lowest BCUT2D eigenvalue weighted by molar-refractivity contribution is -0.144. The summed E-state index contributed by atoms with van der Waals surface area (Å²) < 4.78 is 25.8. The lowest BCUT2D eigenvalue weighted by atomic mass is 9.78. The van der Waals surface area contributed by atoms with Crippen LogP contribution < -0.4 is 10.6 Å². The van der Waals surface area contributed by atoms with E-state index in [-0.39, 0.29) is 47.5 Å². The Morgan fingerprint density at radius 2 is 1.61 bits per heavy atom. The molecule has 0 bridgehead atoms. The average Bonchev–Trinajstić information content (AvgIpc) is 3.55. The largest absolute Gasteiger partial charge is 0.332 e. The average molecular weight is 734 g/mol. The van der Waals surface area contributed by atoms with Crippen molar-refractivity contribution in [3.05, 3.63) is 12.7 Å².